The first-order chi connectivity index (χ1) is 10.3. The van der Waals surface area contributed by atoms with Crippen LogP contribution in [0.25, 0.3) is 0 Å². The van der Waals surface area contributed by atoms with Crippen LogP contribution >= 0.6 is 0 Å². The van der Waals surface area contributed by atoms with Crippen molar-refractivity contribution in [3.63, 3.8) is 0 Å². The van der Waals surface area contributed by atoms with Crippen molar-refractivity contribution in [2.24, 2.45) is 5.92 Å². The number of hydrogen-bond acceptors (Lipinski definition) is 4. The molecule has 0 radical (unpaired) electrons. The van der Waals surface area contributed by atoms with Crippen molar-refractivity contribution in [2.45, 2.75) is 19.3 Å². The first kappa shape index (κ1) is 13.8. The summed E-state index contributed by atoms with van der Waals surface area (Å²) in [6, 6.07) is 5.46. The number of nitrogens with one attached hydrogen (secondary N) is 1. The molecule has 0 spiro atoms. The Kier molecular flexibility index (Phi) is 4.28. The van der Waals surface area contributed by atoms with Crippen molar-refractivity contribution in [2.75, 3.05) is 19.9 Å². The summed E-state index contributed by atoms with van der Waals surface area (Å²) in [5, 5.41) is 2.92. The van der Waals surface area contributed by atoms with Crippen LogP contribution in [0.15, 0.2) is 30.4 Å². The van der Waals surface area contributed by atoms with E-state index in [1.807, 2.05) is 12.1 Å². The number of ether oxygens (including phenoxy) is 3. The zero-order chi connectivity index (χ0) is 14.5. The Bertz CT molecular complexity index is 541. The minimum absolute atomic E-state index is 0.112. The number of carbonyl (C=O) groups excluding carboxylic acids is 1. The third-order valence-electron chi connectivity index (χ3n) is 3.65. The SMILES string of the molecule is O=C(NCCOc1ccc2c(c1)OCO2)C1CC=CCC1. The molecule has 0 aromatic heterocycles. The number of amides is 1. The van der Waals surface area contributed by atoms with E-state index in [-0.39, 0.29) is 18.6 Å². The van der Waals surface area contributed by atoms with E-state index in [1.54, 1.807) is 6.07 Å². The lowest BCUT2D eigenvalue weighted by Gasteiger charge is -2.17. The lowest BCUT2D eigenvalue weighted by Crippen LogP contribution is -2.34. The molecule has 1 aromatic rings. The molecule has 0 bridgehead atoms. The zero-order valence-corrected chi connectivity index (χ0v) is 11.8. The van der Waals surface area contributed by atoms with E-state index in [0.717, 1.165) is 25.0 Å². The molecule has 21 heavy (non-hydrogen) atoms. The van der Waals surface area contributed by atoms with E-state index >= 15 is 0 Å². The number of allylic oxidation sites excluding steroid dienone is 2. The highest BCUT2D eigenvalue weighted by Gasteiger charge is 2.18. The molecule has 0 saturated heterocycles. The summed E-state index contributed by atoms with van der Waals surface area (Å²) in [6.07, 6.45) is 6.98. The average molecular weight is 289 g/mol. The quantitative estimate of drug-likeness (QED) is 0.667. The van der Waals surface area contributed by atoms with Crippen LogP contribution in [0.5, 0.6) is 17.2 Å². The minimum atomic E-state index is 0.112. The van der Waals surface area contributed by atoms with Crippen LogP contribution in [0.3, 0.4) is 0 Å². The van der Waals surface area contributed by atoms with E-state index in [2.05, 4.69) is 17.5 Å². The Hall–Kier alpha value is -2.17. The number of rotatable bonds is 5. The summed E-state index contributed by atoms with van der Waals surface area (Å²) < 4.78 is 16.1. The standard InChI is InChI=1S/C16H19NO4/c18-16(12-4-2-1-3-5-12)17-8-9-19-13-6-7-14-15(10-13)21-11-20-14/h1-2,6-7,10,12H,3-5,8-9,11H2,(H,17,18). The normalized spacial score (nSPS) is 19.3. The van der Waals surface area contributed by atoms with Gasteiger partial charge in [0.05, 0.1) is 6.54 Å². The molecule has 112 valence electrons. The van der Waals surface area contributed by atoms with Gasteiger partial charge in [0.15, 0.2) is 11.5 Å². The Morgan fingerprint density at radius 2 is 2.19 bits per heavy atom. The van der Waals surface area contributed by atoms with Gasteiger partial charge in [-0.05, 0) is 31.4 Å². The fourth-order valence-corrected chi connectivity index (χ4v) is 2.49. The summed E-state index contributed by atoms with van der Waals surface area (Å²) >= 11 is 0. The Morgan fingerprint density at radius 1 is 1.29 bits per heavy atom. The third-order valence-corrected chi connectivity index (χ3v) is 3.65. The van der Waals surface area contributed by atoms with E-state index in [1.165, 1.54) is 0 Å². The summed E-state index contributed by atoms with van der Waals surface area (Å²) in [5.74, 6) is 2.38. The molecule has 1 amide bonds. The van der Waals surface area contributed by atoms with E-state index in [4.69, 9.17) is 14.2 Å². The van der Waals surface area contributed by atoms with Crippen molar-refractivity contribution in [3.05, 3.63) is 30.4 Å². The highest BCUT2D eigenvalue weighted by atomic mass is 16.7. The van der Waals surface area contributed by atoms with Crippen LogP contribution in [-0.4, -0.2) is 25.9 Å². The second-order valence-corrected chi connectivity index (χ2v) is 5.14. The summed E-state index contributed by atoms with van der Waals surface area (Å²) in [5.41, 5.74) is 0. The van der Waals surface area contributed by atoms with Gasteiger partial charge in [-0.2, -0.15) is 0 Å². The molecule has 5 heteroatoms. The molecule has 1 heterocycles. The average Bonchev–Trinajstić information content (AvgIpc) is 3.00. The van der Waals surface area contributed by atoms with E-state index in [0.29, 0.717) is 24.7 Å². The Balaban J connectivity index is 1.40. The predicted octanol–water partition coefficient (Wildman–Crippen LogP) is 2.27. The molecule has 1 atom stereocenters. The molecule has 2 aliphatic rings. The van der Waals surface area contributed by atoms with Crippen LogP contribution in [0.2, 0.25) is 0 Å². The molecule has 0 fully saturated rings. The van der Waals surface area contributed by atoms with Crippen molar-refractivity contribution < 1.29 is 19.0 Å². The summed E-state index contributed by atoms with van der Waals surface area (Å²) in [6.45, 7) is 1.20. The minimum Gasteiger partial charge on any atom is -0.492 e. The molecule has 1 N–H and O–H groups in total. The van der Waals surface area contributed by atoms with Crippen molar-refractivity contribution >= 4 is 5.91 Å². The van der Waals surface area contributed by atoms with Gasteiger partial charge in [-0.3, -0.25) is 4.79 Å². The Morgan fingerprint density at radius 3 is 3.05 bits per heavy atom. The number of hydrogen-bond donors (Lipinski definition) is 1. The van der Waals surface area contributed by atoms with E-state index in [9.17, 15) is 4.79 Å². The first-order valence-electron chi connectivity index (χ1n) is 7.28. The second-order valence-electron chi connectivity index (χ2n) is 5.14. The predicted molar refractivity (Wildman–Crippen MR) is 77.6 cm³/mol. The van der Waals surface area contributed by atoms with Gasteiger partial charge in [0.1, 0.15) is 12.4 Å². The maximum absolute atomic E-state index is 11.9. The van der Waals surface area contributed by atoms with Crippen LogP contribution < -0.4 is 19.5 Å². The van der Waals surface area contributed by atoms with Gasteiger partial charge in [-0.25, -0.2) is 0 Å². The third kappa shape index (κ3) is 3.48. The molecule has 1 aliphatic heterocycles. The smallest absolute Gasteiger partial charge is 0.231 e. The van der Waals surface area contributed by atoms with Crippen molar-refractivity contribution in [3.8, 4) is 17.2 Å². The fourth-order valence-electron chi connectivity index (χ4n) is 2.49. The van der Waals surface area contributed by atoms with Crippen LogP contribution in [0, 0.1) is 5.92 Å². The molecular weight excluding hydrogens is 270 g/mol. The number of benzene rings is 1. The monoisotopic (exact) mass is 289 g/mol. The Labute approximate surface area is 123 Å². The first-order valence-corrected chi connectivity index (χ1v) is 7.28. The zero-order valence-electron chi connectivity index (χ0n) is 11.8. The van der Waals surface area contributed by atoms with Gasteiger partial charge in [0.2, 0.25) is 12.7 Å². The lowest BCUT2D eigenvalue weighted by molar-refractivity contribution is -0.125. The van der Waals surface area contributed by atoms with Crippen LogP contribution in [0.1, 0.15) is 19.3 Å². The molecule has 0 saturated carbocycles. The topological polar surface area (TPSA) is 56.8 Å². The number of fused-ring (bicyclic) bond motifs is 1. The highest BCUT2D eigenvalue weighted by molar-refractivity contribution is 5.78. The maximum Gasteiger partial charge on any atom is 0.231 e. The number of carbonyl (C=O) groups is 1. The van der Waals surface area contributed by atoms with Gasteiger partial charge >= 0.3 is 0 Å². The summed E-state index contributed by atoms with van der Waals surface area (Å²) in [7, 11) is 0. The second kappa shape index (κ2) is 6.52. The molecule has 1 unspecified atom stereocenters. The molecule has 5 nitrogen and oxygen atoms in total. The fraction of sp³-hybridized carbons (Fsp3) is 0.438. The van der Waals surface area contributed by atoms with Gasteiger partial charge in [-0.1, -0.05) is 12.2 Å². The lowest BCUT2D eigenvalue weighted by atomic mass is 9.94. The maximum atomic E-state index is 11.9. The van der Waals surface area contributed by atoms with Crippen molar-refractivity contribution in [1.29, 1.82) is 0 Å². The molecule has 1 aliphatic carbocycles. The van der Waals surface area contributed by atoms with Crippen LogP contribution in [0.4, 0.5) is 0 Å². The van der Waals surface area contributed by atoms with Gasteiger partial charge < -0.3 is 19.5 Å². The van der Waals surface area contributed by atoms with Crippen molar-refractivity contribution in [1.82, 2.24) is 5.32 Å². The van der Waals surface area contributed by atoms with Crippen LogP contribution in [-0.2, 0) is 4.79 Å². The van der Waals surface area contributed by atoms with Gasteiger partial charge in [-0.15, -0.1) is 0 Å². The molecular formula is C16H19NO4. The molecule has 1 aromatic carbocycles. The largest absolute Gasteiger partial charge is 0.492 e. The summed E-state index contributed by atoms with van der Waals surface area (Å²) in [4.78, 5) is 11.9. The van der Waals surface area contributed by atoms with Gasteiger partial charge in [0, 0.05) is 12.0 Å². The molecule has 3 rings (SSSR count). The highest BCUT2D eigenvalue weighted by Crippen LogP contribution is 2.34. The van der Waals surface area contributed by atoms with Gasteiger partial charge in [0.25, 0.3) is 0 Å². The van der Waals surface area contributed by atoms with E-state index < -0.39 is 0 Å².